The predicted octanol–water partition coefficient (Wildman–Crippen LogP) is 2.39. The summed E-state index contributed by atoms with van der Waals surface area (Å²) in [5.74, 6) is 0. The lowest BCUT2D eigenvalue weighted by Gasteiger charge is -2.30. The topological polar surface area (TPSA) is 29.3 Å². The van der Waals surface area contributed by atoms with Gasteiger partial charge < -0.3 is 10.6 Å². The molecular weight excluding hydrogens is 184 g/mol. The summed E-state index contributed by atoms with van der Waals surface area (Å²) >= 11 is 0. The minimum Gasteiger partial charge on any atom is -0.369 e. The summed E-state index contributed by atoms with van der Waals surface area (Å²) in [7, 11) is 0. The Morgan fingerprint density at radius 1 is 1.27 bits per heavy atom. The van der Waals surface area contributed by atoms with Gasteiger partial charge in [0.05, 0.1) is 0 Å². The lowest BCUT2D eigenvalue weighted by Crippen LogP contribution is -2.34. The number of para-hydroxylation sites is 1. The van der Waals surface area contributed by atoms with Crippen molar-refractivity contribution in [2.45, 2.75) is 38.3 Å². The van der Waals surface area contributed by atoms with Crippen molar-refractivity contribution in [1.29, 1.82) is 0 Å². The van der Waals surface area contributed by atoms with Crippen molar-refractivity contribution in [1.82, 2.24) is 0 Å². The molecule has 0 amide bonds. The molecule has 1 fully saturated rings. The van der Waals surface area contributed by atoms with E-state index in [1.54, 1.807) is 0 Å². The van der Waals surface area contributed by atoms with Crippen molar-refractivity contribution in [3.63, 3.8) is 0 Å². The van der Waals surface area contributed by atoms with Gasteiger partial charge in [-0.1, -0.05) is 18.2 Å². The first kappa shape index (κ1) is 10.5. The van der Waals surface area contributed by atoms with Crippen LogP contribution in [0.25, 0.3) is 0 Å². The third kappa shape index (κ3) is 2.32. The van der Waals surface area contributed by atoms with Gasteiger partial charge in [0, 0.05) is 24.3 Å². The van der Waals surface area contributed by atoms with Crippen LogP contribution in [0.1, 0.15) is 26.2 Å². The summed E-state index contributed by atoms with van der Waals surface area (Å²) in [5, 5.41) is 0. The van der Waals surface area contributed by atoms with Gasteiger partial charge in [-0.3, -0.25) is 0 Å². The van der Waals surface area contributed by atoms with Crippen LogP contribution in [-0.4, -0.2) is 18.6 Å². The molecule has 2 N–H and O–H groups in total. The van der Waals surface area contributed by atoms with E-state index in [9.17, 15) is 0 Å². The second kappa shape index (κ2) is 4.67. The molecule has 2 nitrogen and oxygen atoms in total. The van der Waals surface area contributed by atoms with Crippen LogP contribution in [0.4, 0.5) is 5.69 Å². The average molecular weight is 204 g/mol. The van der Waals surface area contributed by atoms with Gasteiger partial charge in [0.2, 0.25) is 0 Å². The van der Waals surface area contributed by atoms with Gasteiger partial charge in [-0.05, 0) is 38.3 Å². The summed E-state index contributed by atoms with van der Waals surface area (Å²) in [6.45, 7) is 3.29. The zero-order valence-corrected chi connectivity index (χ0v) is 9.39. The Hall–Kier alpha value is -1.02. The maximum atomic E-state index is 5.97. The van der Waals surface area contributed by atoms with Crippen molar-refractivity contribution in [3.8, 4) is 0 Å². The smallest absolute Gasteiger partial charge is 0.0368 e. The van der Waals surface area contributed by atoms with E-state index >= 15 is 0 Å². The van der Waals surface area contributed by atoms with E-state index in [2.05, 4.69) is 42.2 Å². The van der Waals surface area contributed by atoms with E-state index in [-0.39, 0.29) is 0 Å². The number of nitrogens with two attached hydrogens (primary N) is 1. The molecule has 1 saturated carbocycles. The third-order valence-electron chi connectivity index (χ3n) is 3.31. The maximum Gasteiger partial charge on any atom is 0.0368 e. The molecule has 0 saturated heterocycles. The number of hydrogen-bond donors (Lipinski definition) is 1. The molecule has 0 radical (unpaired) electrons. The molecule has 2 heteroatoms. The van der Waals surface area contributed by atoms with E-state index in [0.29, 0.717) is 12.1 Å². The minimum atomic E-state index is 0.410. The molecule has 2 rings (SSSR count). The number of hydrogen-bond acceptors (Lipinski definition) is 2. The van der Waals surface area contributed by atoms with Crippen LogP contribution >= 0.6 is 0 Å². The molecule has 1 aliphatic rings. The van der Waals surface area contributed by atoms with Gasteiger partial charge in [-0.2, -0.15) is 0 Å². The summed E-state index contributed by atoms with van der Waals surface area (Å²) in [5.41, 5.74) is 7.30. The first-order chi connectivity index (χ1) is 7.31. The maximum absolute atomic E-state index is 5.97. The molecule has 0 bridgehead atoms. The largest absolute Gasteiger partial charge is 0.369 e. The minimum absolute atomic E-state index is 0.410. The highest BCUT2D eigenvalue weighted by molar-refractivity contribution is 5.47. The number of rotatable bonds is 3. The summed E-state index contributed by atoms with van der Waals surface area (Å²) < 4.78 is 0. The summed E-state index contributed by atoms with van der Waals surface area (Å²) in [4.78, 5) is 2.48. The average Bonchev–Trinajstić information content (AvgIpc) is 2.68. The van der Waals surface area contributed by atoms with E-state index in [0.717, 1.165) is 13.0 Å². The van der Waals surface area contributed by atoms with Crippen LogP contribution < -0.4 is 10.6 Å². The van der Waals surface area contributed by atoms with E-state index in [1.807, 2.05) is 0 Å². The third-order valence-corrected chi connectivity index (χ3v) is 3.31. The number of nitrogens with zero attached hydrogens (tertiary/aromatic N) is 1. The zero-order valence-electron chi connectivity index (χ0n) is 9.39. The first-order valence-electron chi connectivity index (χ1n) is 5.88. The molecule has 1 aliphatic carbocycles. The van der Waals surface area contributed by atoms with Gasteiger partial charge in [0.25, 0.3) is 0 Å². The highest BCUT2D eigenvalue weighted by Gasteiger charge is 2.26. The van der Waals surface area contributed by atoms with Crippen LogP contribution in [0.3, 0.4) is 0 Å². The Morgan fingerprint density at radius 3 is 2.53 bits per heavy atom. The van der Waals surface area contributed by atoms with Crippen LogP contribution in [-0.2, 0) is 0 Å². The van der Waals surface area contributed by atoms with Gasteiger partial charge in [-0.15, -0.1) is 0 Å². The lowest BCUT2D eigenvalue weighted by atomic mass is 10.1. The van der Waals surface area contributed by atoms with Gasteiger partial charge in [-0.25, -0.2) is 0 Å². The summed E-state index contributed by atoms with van der Waals surface area (Å²) in [6.07, 6.45) is 3.56. The van der Waals surface area contributed by atoms with Crippen LogP contribution in [0, 0.1) is 0 Å². The van der Waals surface area contributed by atoms with E-state index in [1.165, 1.54) is 18.5 Å². The molecule has 82 valence electrons. The first-order valence-corrected chi connectivity index (χ1v) is 5.88. The Bertz CT molecular complexity index is 297. The van der Waals surface area contributed by atoms with Crippen molar-refractivity contribution >= 4 is 5.69 Å². The van der Waals surface area contributed by atoms with Crippen LogP contribution in [0.15, 0.2) is 30.3 Å². The standard InChI is InChI=1S/C13H20N2/c1-2-15(12-6-4-3-5-7-12)13-9-8-11(14)10-13/h3-7,11,13H,2,8-10,14H2,1H3. The molecule has 0 aliphatic heterocycles. The zero-order chi connectivity index (χ0) is 10.7. The highest BCUT2D eigenvalue weighted by Crippen LogP contribution is 2.27. The Labute approximate surface area is 92.1 Å². The Kier molecular flexibility index (Phi) is 3.27. The van der Waals surface area contributed by atoms with Crippen LogP contribution in [0.5, 0.6) is 0 Å². The van der Waals surface area contributed by atoms with Crippen molar-refractivity contribution in [2.75, 3.05) is 11.4 Å². The van der Waals surface area contributed by atoms with E-state index in [4.69, 9.17) is 5.73 Å². The molecule has 0 spiro atoms. The van der Waals surface area contributed by atoms with E-state index < -0.39 is 0 Å². The van der Waals surface area contributed by atoms with Gasteiger partial charge in [0.15, 0.2) is 0 Å². The second-order valence-electron chi connectivity index (χ2n) is 4.35. The molecule has 0 aromatic heterocycles. The Morgan fingerprint density at radius 2 is 2.00 bits per heavy atom. The highest BCUT2D eigenvalue weighted by atomic mass is 15.2. The van der Waals surface area contributed by atoms with Crippen molar-refractivity contribution in [3.05, 3.63) is 30.3 Å². The fourth-order valence-corrected chi connectivity index (χ4v) is 2.55. The number of anilines is 1. The SMILES string of the molecule is CCN(c1ccccc1)C1CCC(N)C1. The summed E-state index contributed by atoms with van der Waals surface area (Å²) in [6, 6.07) is 11.7. The fourth-order valence-electron chi connectivity index (χ4n) is 2.55. The predicted molar refractivity (Wildman–Crippen MR) is 65.1 cm³/mol. The normalized spacial score (nSPS) is 25.5. The van der Waals surface area contributed by atoms with Crippen LogP contribution in [0.2, 0.25) is 0 Å². The second-order valence-corrected chi connectivity index (χ2v) is 4.35. The van der Waals surface area contributed by atoms with Gasteiger partial charge >= 0.3 is 0 Å². The molecule has 2 atom stereocenters. The monoisotopic (exact) mass is 204 g/mol. The molecule has 0 heterocycles. The lowest BCUT2D eigenvalue weighted by molar-refractivity contribution is 0.605. The molecule has 1 aromatic rings. The van der Waals surface area contributed by atoms with Gasteiger partial charge in [0.1, 0.15) is 0 Å². The Balaban J connectivity index is 2.11. The molecular formula is C13H20N2. The molecule has 15 heavy (non-hydrogen) atoms. The number of benzene rings is 1. The molecule has 1 aromatic carbocycles. The quantitative estimate of drug-likeness (QED) is 0.819. The fraction of sp³-hybridized carbons (Fsp3) is 0.538. The molecule has 2 unspecified atom stereocenters. The van der Waals surface area contributed by atoms with Crippen molar-refractivity contribution < 1.29 is 0 Å². The van der Waals surface area contributed by atoms with Crippen molar-refractivity contribution in [2.24, 2.45) is 5.73 Å².